The van der Waals surface area contributed by atoms with Crippen LogP contribution in [0.5, 0.6) is 5.75 Å². The van der Waals surface area contributed by atoms with Gasteiger partial charge in [0.25, 0.3) is 0 Å². The fourth-order valence-electron chi connectivity index (χ4n) is 3.24. The minimum absolute atomic E-state index is 0.263. The van der Waals surface area contributed by atoms with Gasteiger partial charge in [-0.3, -0.25) is 4.98 Å². The molecule has 1 aromatic carbocycles. The molecule has 178 valence electrons. The molecule has 34 heavy (non-hydrogen) atoms. The zero-order valence-electron chi connectivity index (χ0n) is 18.9. The summed E-state index contributed by atoms with van der Waals surface area (Å²) in [5.41, 5.74) is 1.43. The molecule has 0 saturated carbocycles. The Morgan fingerprint density at radius 1 is 1.18 bits per heavy atom. The van der Waals surface area contributed by atoms with E-state index in [1.807, 2.05) is 0 Å². The summed E-state index contributed by atoms with van der Waals surface area (Å²) in [5.74, 6) is 0.453. The number of methoxy groups -OCH3 is 1. The normalized spacial score (nSPS) is 13.3. The summed E-state index contributed by atoms with van der Waals surface area (Å²) in [5, 5.41) is 3.78. The van der Waals surface area contributed by atoms with Gasteiger partial charge in [-0.2, -0.15) is 13.2 Å². The van der Waals surface area contributed by atoms with Gasteiger partial charge in [0.2, 0.25) is 0 Å². The number of allylic oxidation sites excluding steroid dienone is 3. The second-order valence-corrected chi connectivity index (χ2v) is 7.50. The number of nitrogens with one attached hydrogen (secondary N) is 1. The van der Waals surface area contributed by atoms with Crippen LogP contribution in [0.2, 0.25) is 0 Å². The van der Waals surface area contributed by atoms with Crippen LogP contribution >= 0.6 is 0 Å². The third-order valence-corrected chi connectivity index (χ3v) is 5.08. The van der Waals surface area contributed by atoms with Gasteiger partial charge in [-0.05, 0) is 43.2 Å². The summed E-state index contributed by atoms with van der Waals surface area (Å²) >= 11 is 0. The summed E-state index contributed by atoms with van der Waals surface area (Å²) in [6.45, 7) is 7.30. The van der Waals surface area contributed by atoms with Gasteiger partial charge >= 0.3 is 6.18 Å². The van der Waals surface area contributed by atoms with Gasteiger partial charge < -0.3 is 10.1 Å². The van der Waals surface area contributed by atoms with Crippen molar-refractivity contribution in [3.05, 3.63) is 78.6 Å². The average molecular weight is 472 g/mol. The highest BCUT2D eigenvalue weighted by Crippen LogP contribution is 2.34. The smallest absolute Gasteiger partial charge is 0.416 e. The van der Waals surface area contributed by atoms with Gasteiger partial charge in [0, 0.05) is 17.0 Å². The highest BCUT2D eigenvalue weighted by Gasteiger charge is 2.31. The fourth-order valence-corrected chi connectivity index (χ4v) is 3.24. The molecule has 0 radical (unpaired) electrons. The molecule has 3 aromatic rings. The largest absolute Gasteiger partial charge is 0.494 e. The number of pyridine rings is 1. The summed E-state index contributed by atoms with van der Waals surface area (Å²) in [7, 11) is 1.50. The third kappa shape index (κ3) is 5.78. The van der Waals surface area contributed by atoms with E-state index in [2.05, 4.69) is 26.8 Å². The lowest BCUT2D eigenvalue weighted by Gasteiger charge is -2.18. The highest BCUT2D eigenvalue weighted by atomic mass is 19.4. The van der Waals surface area contributed by atoms with E-state index in [9.17, 15) is 17.6 Å². The number of hydrogen-bond donors (Lipinski definition) is 1. The second-order valence-electron chi connectivity index (χ2n) is 7.50. The maximum Gasteiger partial charge on any atom is 0.416 e. The van der Waals surface area contributed by atoms with Crippen LogP contribution in [0.15, 0.2) is 72.7 Å². The van der Waals surface area contributed by atoms with Crippen molar-refractivity contribution in [1.29, 1.82) is 0 Å². The maximum atomic E-state index is 13.3. The first-order valence-electron chi connectivity index (χ1n) is 10.5. The van der Waals surface area contributed by atoms with Gasteiger partial charge in [-0.15, -0.1) is 0 Å². The molecule has 0 fully saturated rings. The number of halogens is 4. The van der Waals surface area contributed by atoms with Crippen molar-refractivity contribution in [1.82, 2.24) is 15.0 Å². The number of benzene rings is 1. The zero-order chi connectivity index (χ0) is 24.9. The predicted octanol–water partition coefficient (Wildman–Crippen LogP) is 6.65. The molecule has 0 amide bonds. The Kier molecular flexibility index (Phi) is 7.65. The quantitative estimate of drug-likeness (QED) is 0.294. The SMILES string of the molecule is C=C(/C=C\C(=C\CC)C(F)(F)F)C(C)Nc1ncnc2c(OC)cc(-c3ccc(F)cn3)cc12. The molecule has 2 heterocycles. The first kappa shape index (κ1) is 24.9. The number of alkyl halides is 3. The monoisotopic (exact) mass is 472 g/mol. The van der Waals surface area contributed by atoms with Crippen molar-refractivity contribution in [3.8, 4) is 17.0 Å². The minimum Gasteiger partial charge on any atom is -0.494 e. The standard InChI is InChI=1S/C25H24F4N4O/c1-5-6-18(25(27,28)29)8-7-15(2)16(3)33-24-20-11-17(21-10-9-19(26)13-30-21)12-22(34-4)23(20)31-14-32-24/h6-14,16H,2,5H2,1,3-4H3,(H,31,32,33)/b8-7-,18-6-. The molecular formula is C25H24F4N4O. The van der Waals surface area contributed by atoms with Gasteiger partial charge in [0.05, 0.1) is 24.6 Å². The van der Waals surface area contributed by atoms with E-state index in [4.69, 9.17) is 4.74 Å². The van der Waals surface area contributed by atoms with E-state index in [-0.39, 0.29) is 6.42 Å². The van der Waals surface area contributed by atoms with Crippen molar-refractivity contribution >= 4 is 16.7 Å². The molecule has 5 nitrogen and oxygen atoms in total. The number of fused-ring (bicyclic) bond motifs is 1. The van der Waals surface area contributed by atoms with Crippen LogP contribution in [0.1, 0.15) is 20.3 Å². The van der Waals surface area contributed by atoms with Crippen molar-refractivity contribution in [2.75, 3.05) is 12.4 Å². The summed E-state index contributed by atoms with van der Waals surface area (Å²) < 4.78 is 58.2. The number of rotatable bonds is 8. The Morgan fingerprint density at radius 2 is 1.94 bits per heavy atom. The number of aromatic nitrogens is 3. The van der Waals surface area contributed by atoms with Gasteiger partial charge in [-0.1, -0.05) is 31.7 Å². The number of hydrogen-bond acceptors (Lipinski definition) is 5. The first-order chi connectivity index (χ1) is 16.1. The Hall–Kier alpha value is -3.75. The van der Waals surface area contributed by atoms with Crippen molar-refractivity contribution in [3.63, 3.8) is 0 Å². The van der Waals surface area contributed by atoms with E-state index in [1.54, 1.807) is 32.0 Å². The number of ether oxygens (including phenoxy) is 1. The molecule has 1 atom stereocenters. The maximum absolute atomic E-state index is 13.3. The van der Waals surface area contributed by atoms with Gasteiger partial charge in [0.1, 0.15) is 29.2 Å². The van der Waals surface area contributed by atoms with E-state index in [0.29, 0.717) is 39.3 Å². The highest BCUT2D eigenvalue weighted by molar-refractivity contribution is 5.96. The van der Waals surface area contributed by atoms with Crippen LogP contribution < -0.4 is 10.1 Å². The molecule has 2 aromatic heterocycles. The summed E-state index contributed by atoms with van der Waals surface area (Å²) in [6, 6.07) is 5.94. The molecule has 3 rings (SSSR count). The van der Waals surface area contributed by atoms with Crippen LogP contribution in [0, 0.1) is 5.82 Å². The molecule has 0 aliphatic carbocycles. The molecule has 0 saturated heterocycles. The molecule has 1 N–H and O–H groups in total. The fraction of sp³-hybridized carbons (Fsp3) is 0.240. The number of nitrogens with zero attached hydrogens (tertiary/aromatic N) is 3. The molecule has 9 heteroatoms. The Morgan fingerprint density at radius 3 is 2.56 bits per heavy atom. The van der Waals surface area contributed by atoms with Crippen LogP contribution in [0.4, 0.5) is 23.4 Å². The molecule has 0 aliphatic heterocycles. The van der Waals surface area contributed by atoms with Crippen LogP contribution in [0.3, 0.4) is 0 Å². The lowest BCUT2D eigenvalue weighted by Crippen LogP contribution is -2.18. The van der Waals surface area contributed by atoms with E-state index < -0.39 is 23.6 Å². The first-order valence-corrected chi connectivity index (χ1v) is 10.5. The van der Waals surface area contributed by atoms with Crippen LogP contribution in [0.25, 0.3) is 22.2 Å². The molecule has 1 unspecified atom stereocenters. The van der Waals surface area contributed by atoms with Crippen molar-refractivity contribution in [2.24, 2.45) is 0 Å². The van der Waals surface area contributed by atoms with Gasteiger partial charge in [0.15, 0.2) is 0 Å². The van der Waals surface area contributed by atoms with Crippen molar-refractivity contribution < 1.29 is 22.3 Å². The van der Waals surface area contributed by atoms with Crippen LogP contribution in [-0.2, 0) is 0 Å². The Bertz CT molecular complexity index is 1230. The lowest BCUT2D eigenvalue weighted by atomic mass is 10.1. The second kappa shape index (κ2) is 10.5. The summed E-state index contributed by atoms with van der Waals surface area (Å²) in [4.78, 5) is 12.7. The predicted molar refractivity (Wildman–Crippen MR) is 125 cm³/mol. The Labute approximate surface area is 194 Å². The Balaban J connectivity index is 1.94. The summed E-state index contributed by atoms with van der Waals surface area (Å²) in [6.07, 6.45) is 1.78. The van der Waals surface area contributed by atoms with E-state index in [0.717, 1.165) is 18.3 Å². The third-order valence-electron chi connectivity index (χ3n) is 5.08. The molecule has 0 spiro atoms. The van der Waals surface area contributed by atoms with E-state index in [1.165, 1.54) is 25.6 Å². The van der Waals surface area contributed by atoms with Gasteiger partial charge in [-0.25, -0.2) is 14.4 Å². The average Bonchev–Trinajstić information content (AvgIpc) is 2.80. The molecule has 0 aliphatic rings. The zero-order valence-corrected chi connectivity index (χ0v) is 18.9. The molecular weight excluding hydrogens is 448 g/mol. The topological polar surface area (TPSA) is 59.9 Å². The number of anilines is 1. The minimum atomic E-state index is -4.44. The lowest BCUT2D eigenvalue weighted by molar-refractivity contribution is -0.0884. The van der Waals surface area contributed by atoms with E-state index >= 15 is 0 Å². The molecule has 0 bridgehead atoms. The van der Waals surface area contributed by atoms with Crippen molar-refractivity contribution in [2.45, 2.75) is 32.5 Å². The van der Waals surface area contributed by atoms with Crippen LogP contribution in [-0.4, -0.2) is 34.3 Å².